The fourth-order valence-corrected chi connectivity index (χ4v) is 2.50. The van der Waals surface area contributed by atoms with Gasteiger partial charge in [-0.3, -0.25) is 0 Å². The normalized spacial score (nSPS) is 21.0. The number of benzene rings is 1. The van der Waals surface area contributed by atoms with Gasteiger partial charge in [0.15, 0.2) is 0 Å². The molecule has 1 aromatic rings. The van der Waals surface area contributed by atoms with Crippen LogP contribution in [0.2, 0.25) is 0 Å². The lowest BCUT2D eigenvalue weighted by Crippen LogP contribution is -2.16. The minimum absolute atomic E-state index is 0.0140. The van der Waals surface area contributed by atoms with E-state index in [1.54, 1.807) is 6.07 Å². The van der Waals surface area contributed by atoms with Crippen LogP contribution >= 0.6 is 0 Å². The van der Waals surface area contributed by atoms with Gasteiger partial charge in [-0.05, 0) is 41.4 Å². The number of hydrogen-bond donors (Lipinski definition) is 0. The molecule has 1 aromatic carbocycles. The highest BCUT2D eigenvalue weighted by Crippen LogP contribution is 2.45. The lowest BCUT2D eigenvalue weighted by molar-refractivity contribution is 0.313. The van der Waals surface area contributed by atoms with Crippen molar-refractivity contribution in [2.75, 3.05) is 0 Å². The fraction of sp³-hybridized carbons (Fsp3) is 0.538. The average Bonchev–Trinajstić information content (AvgIpc) is 2.47. The molecule has 0 amide bonds. The smallest absolute Gasteiger partial charge is 0.126 e. The molecule has 2 rings (SSSR count). The highest BCUT2D eigenvalue weighted by molar-refractivity contribution is 5.37. The lowest BCUT2D eigenvalue weighted by atomic mass is 9.77. The maximum Gasteiger partial charge on any atom is 0.126 e. The first-order valence-electron chi connectivity index (χ1n) is 5.27. The van der Waals surface area contributed by atoms with Gasteiger partial charge in [0.25, 0.3) is 0 Å². The number of hydrogen-bond acceptors (Lipinski definition) is 0. The van der Waals surface area contributed by atoms with Crippen molar-refractivity contribution in [3.8, 4) is 0 Å². The Labute approximate surface area is 85.1 Å². The van der Waals surface area contributed by atoms with Crippen LogP contribution in [0.25, 0.3) is 0 Å². The number of rotatable bonds is 0. The molecular weight excluding hydrogens is 175 g/mol. The molecule has 76 valence electrons. The topological polar surface area (TPSA) is 0 Å². The second-order valence-corrected chi connectivity index (χ2v) is 5.27. The first kappa shape index (κ1) is 9.70. The minimum Gasteiger partial charge on any atom is -0.207 e. The second-order valence-electron chi connectivity index (χ2n) is 5.27. The van der Waals surface area contributed by atoms with E-state index >= 15 is 0 Å². The molecule has 0 bridgehead atoms. The Morgan fingerprint density at radius 3 is 2.64 bits per heavy atom. The van der Waals surface area contributed by atoms with Crippen LogP contribution in [-0.2, 0) is 6.42 Å². The van der Waals surface area contributed by atoms with Crippen LogP contribution in [-0.4, -0.2) is 0 Å². The molecule has 0 aromatic heterocycles. The quantitative estimate of drug-likeness (QED) is 0.584. The molecule has 0 nitrogen and oxygen atoms in total. The SMILES string of the molecule is CC(C)(C)C1CCc2cccc(F)c21. The summed E-state index contributed by atoms with van der Waals surface area (Å²) in [5.41, 5.74) is 2.36. The van der Waals surface area contributed by atoms with Crippen molar-refractivity contribution in [3.63, 3.8) is 0 Å². The van der Waals surface area contributed by atoms with Crippen LogP contribution in [0.15, 0.2) is 18.2 Å². The van der Waals surface area contributed by atoms with Gasteiger partial charge in [0, 0.05) is 0 Å². The van der Waals surface area contributed by atoms with Gasteiger partial charge in [0.05, 0.1) is 0 Å². The maximum absolute atomic E-state index is 13.7. The summed E-state index contributed by atoms with van der Waals surface area (Å²) in [4.78, 5) is 0. The van der Waals surface area contributed by atoms with Gasteiger partial charge >= 0.3 is 0 Å². The van der Waals surface area contributed by atoms with E-state index in [-0.39, 0.29) is 11.2 Å². The summed E-state index contributed by atoms with van der Waals surface area (Å²) in [5, 5.41) is 0. The zero-order valence-corrected chi connectivity index (χ0v) is 9.10. The Morgan fingerprint density at radius 2 is 2.00 bits per heavy atom. The highest BCUT2D eigenvalue weighted by atomic mass is 19.1. The largest absolute Gasteiger partial charge is 0.207 e. The van der Waals surface area contributed by atoms with Crippen molar-refractivity contribution < 1.29 is 4.39 Å². The zero-order chi connectivity index (χ0) is 10.3. The van der Waals surface area contributed by atoms with Gasteiger partial charge in [-0.2, -0.15) is 0 Å². The summed E-state index contributed by atoms with van der Waals surface area (Å²) in [6, 6.07) is 5.46. The second kappa shape index (κ2) is 3.08. The van der Waals surface area contributed by atoms with Crippen LogP contribution in [0.3, 0.4) is 0 Å². The summed E-state index contributed by atoms with van der Waals surface area (Å²) in [6.45, 7) is 6.58. The van der Waals surface area contributed by atoms with Crippen molar-refractivity contribution >= 4 is 0 Å². The maximum atomic E-state index is 13.7. The van der Waals surface area contributed by atoms with E-state index in [0.29, 0.717) is 5.92 Å². The Hall–Kier alpha value is -0.850. The summed E-state index contributed by atoms with van der Waals surface area (Å²) >= 11 is 0. The van der Waals surface area contributed by atoms with Gasteiger partial charge in [-0.15, -0.1) is 0 Å². The summed E-state index contributed by atoms with van der Waals surface area (Å²) in [5.74, 6) is 0.374. The Balaban J connectivity index is 2.48. The number of aryl methyl sites for hydroxylation is 1. The average molecular weight is 192 g/mol. The van der Waals surface area contributed by atoms with Gasteiger partial charge in [0.1, 0.15) is 5.82 Å². The van der Waals surface area contributed by atoms with Gasteiger partial charge in [0.2, 0.25) is 0 Å². The summed E-state index contributed by atoms with van der Waals surface area (Å²) in [7, 11) is 0. The van der Waals surface area contributed by atoms with Gasteiger partial charge in [-0.25, -0.2) is 4.39 Å². The van der Waals surface area contributed by atoms with Crippen LogP contribution in [0.1, 0.15) is 44.2 Å². The lowest BCUT2D eigenvalue weighted by Gasteiger charge is -2.27. The van der Waals surface area contributed by atoms with Gasteiger partial charge in [-0.1, -0.05) is 32.9 Å². The van der Waals surface area contributed by atoms with E-state index in [4.69, 9.17) is 0 Å². The molecule has 0 N–H and O–H groups in total. The highest BCUT2D eigenvalue weighted by Gasteiger charge is 2.34. The molecule has 0 saturated carbocycles. The van der Waals surface area contributed by atoms with Gasteiger partial charge < -0.3 is 0 Å². The van der Waals surface area contributed by atoms with Crippen LogP contribution in [0, 0.1) is 11.2 Å². The molecule has 0 saturated heterocycles. The molecule has 0 fully saturated rings. The number of fused-ring (bicyclic) bond motifs is 1. The zero-order valence-electron chi connectivity index (χ0n) is 9.10. The van der Waals surface area contributed by atoms with E-state index < -0.39 is 0 Å². The third-order valence-electron chi connectivity index (χ3n) is 3.24. The molecule has 14 heavy (non-hydrogen) atoms. The third-order valence-corrected chi connectivity index (χ3v) is 3.24. The van der Waals surface area contributed by atoms with E-state index in [9.17, 15) is 4.39 Å². The first-order valence-corrected chi connectivity index (χ1v) is 5.27. The van der Waals surface area contributed by atoms with Crippen molar-refractivity contribution in [2.24, 2.45) is 5.41 Å². The number of halogens is 1. The molecular formula is C13H17F. The Bertz CT molecular complexity index is 347. The summed E-state index contributed by atoms with van der Waals surface area (Å²) in [6.07, 6.45) is 2.13. The molecule has 0 aliphatic heterocycles. The molecule has 1 atom stereocenters. The molecule has 0 heterocycles. The standard InChI is InChI=1S/C13H17F/c1-13(2,3)10-8-7-9-5-4-6-11(14)12(9)10/h4-6,10H,7-8H2,1-3H3. The minimum atomic E-state index is -0.0140. The van der Waals surface area contributed by atoms with E-state index in [1.807, 2.05) is 6.07 Å². The van der Waals surface area contributed by atoms with Crippen molar-refractivity contribution in [3.05, 3.63) is 35.1 Å². The first-order chi connectivity index (χ1) is 6.50. The molecule has 0 radical (unpaired) electrons. The van der Waals surface area contributed by atoms with E-state index in [0.717, 1.165) is 18.4 Å². The molecule has 0 spiro atoms. The van der Waals surface area contributed by atoms with E-state index in [2.05, 4.69) is 26.8 Å². The fourth-order valence-electron chi connectivity index (χ4n) is 2.50. The predicted octanol–water partition coefficient (Wildman–Crippen LogP) is 3.90. The molecule has 1 aliphatic rings. The third kappa shape index (κ3) is 1.45. The van der Waals surface area contributed by atoms with Crippen molar-refractivity contribution in [1.82, 2.24) is 0 Å². The van der Waals surface area contributed by atoms with Crippen LogP contribution in [0.4, 0.5) is 4.39 Å². The van der Waals surface area contributed by atoms with Crippen molar-refractivity contribution in [2.45, 2.75) is 39.5 Å². The predicted molar refractivity (Wildman–Crippen MR) is 56.9 cm³/mol. The Kier molecular flexibility index (Phi) is 2.13. The summed E-state index contributed by atoms with van der Waals surface area (Å²) < 4.78 is 13.7. The van der Waals surface area contributed by atoms with Crippen LogP contribution in [0.5, 0.6) is 0 Å². The molecule has 1 aliphatic carbocycles. The monoisotopic (exact) mass is 192 g/mol. The molecule has 1 heteroatoms. The van der Waals surface area contributed by atoms with Crippen LogP contribution < -0.4 is 0 Å². The molecule has 1 unspecified atom stereocenters. The van der Waals surface area contributed by atoms with Crippen molar-refractivity contribution in [1.29, 1.82) is 0 Å². The van der Waals surface area contributed by atoms with E-state index in [1.165, 1.54) is 5.56 Å². The Morgan fingerprint density at radius 1 is 1.29 bits per heavy atom.